The molecule has 0 spiro atoms. The van der Waals surface area contributed by atoms with Gasteiger partial charge in [0.1, 0.15) is 11.5 Å². The summed E-state index contributed by atoms with van der Waals surface area (Å²) < 4.78 is 12.8. The number of para-hydroxylation sites is 1. The molecule has 4 heterocycles. The molecule has 0 bridgehead atoms. The zero-order valence-corrected chi connectivity index (χ0v) is 45.3. The van der Waals surface area contributed by atoms with Gasteiger partial charge in [-0.05, 0) is 137 Å². The molecule has 5 heteroatoms. The van der Waals surface area contributed by atoms with Gasteiger partial charge in [0.2, 0.25) is 0 Å². The Hall–Kier alpha value is -7.34. The third kappa shape index (κ3) is 6.51. The lowest BCUT2D eigenvalue weighted by molar-refractivity contribution is 0.488. The van der Waals surface area contributed by atoms with Crippen molar-refractivity contribution < 1.29 is 4.74 Å². The highest BCUT2D eigenvalue weighted by atomic mass is 32.1. The standard InChI is InChI=1S/C69H61BN2OS/c1-66(2,3)42-26-24-40(25-27-42)41-34-58-63-59(35-41)73-60-39-57(72-54-22-16-13-19-47(54)50-37-52-49(38-56(50)72)46-18-12-15-21-51(46)69(52,10)11)62-48-20-14-17-23-61(48)74-65(62)64(60)70(63)53-36-44(68(7,8)9)30-33-55(53)71(58)45-31-28-43(29-32-45)67(4,5)6/h12-39H,1-11H3. The Morgan fingerprint density at radius 3 is 1.84 bits per heavy atom. The predicted octanol–water partition coefficient (Wildman–Crippen LogP) is 17.4. The van der Waals surface area contributed by atoms with Crippen LogP contribution in [0.1, 0.15) is 104 Å². The van der Waals surface area contributed by atoms with E-state index in [2.05, 4.69) is 255 Å². The molecule has 0 unspecified atom stereocenters. The number of hydrogen-bond donors (Lipinski definition) is 0. The highest BCUT2D eigenvalue weighted by Crippen LogP contribution is 2.53. The maximum Gasteiger partial charge on any atom is 0.258 e. The quantitative estimate of drug-likeness (QED) is 0.164. The SMILES string of the molecule is CC(C)(C)c1ccc(-c2cc3c4c(c2)N(c2ccc(C(C)(C)C)cc2)c2ccc(C(C)(C)C)cc2B4c2c(cc(-n4c5ccccc5c5cc6c(cc54)-c4ccccc4C6(C)C)c4c2sc2ccccc24)O3)cc1. The number of anilines is 3. The highest BCUT2D eigenvalue weighted by Gasteiger charge is 2.45. The second-order valence-electron chi connectivity index (χ2n) is 25.0. The number of aromatic nitrogens is 1. The summed E-state index contributed by atoms with van der Waals surface area (Å²) in [6.07, 6.45) is 0. The fourth-order valence-electron chi connectivity index (χ4n) is 12.9. The van der Waals surface area contributed by atoms with Crippen molar-refractivity contribution in [1.29, 1.82) is 0 Å². The number of hydrogen-bond acceptors (Lipinski definition) is 3. The molecule has 74 heavy (non-hydrogen) atoms. The Bertz CT molecular complexity index is 4190. The number of rotatable bonds is 3. The summed E-state index contributed by atoms with van der Waals surface area (Å²) in [4.78, 5) is 2.53. The van der Waals surface area contributed by atoms with Gasteiger partial charge in [-0.25, -0.2) is 0 Å². The molecule has 0 saturated carbocycles. The van der Waals surface area contributed by atoms with E-state index >= 15 is 0 Å². The van der Waals surface area contributed by atoms with E-state index in [0.717, 1.165) is 34.1 Å². The van der Waals surface area contributed by atoms with E-state index in [0.29, 0.717) is 0 Å². The van der Waals surface area contributed by atoms with Crippen LogP contribution in [0.3, 0.4) is 0 Å². The normalized spacial score (nSPS) is 14.6. The fraction of sp³-hybridized carbons (Fsp3) is 0.217. The smallest absolute Gasteiger partial charge is 0.258 e. The highest BCUT2D eigenvalue weighted by molar-refractivity contribution is 7.28. The molecular formula is C69H61BN2OS. The first kappa shape index (κ1) is 45.3. The average molecular weight is 977 g/mol. The van der Waals surface area contributed by atoms with Crippen LogP contribution in [0.4, 0.5) is 17.1 Å². The Morgan fingerprint density at radius 1 is 0.473 bits per heavy atom. The van der Waals surface area contributed by atoms with E-state index in [1.54, 1.807) is 0 Å². The summed E-state index contributed by atoms with van der Waals surface area (Å²) >= 11 is 1.91. The summed E-state index contributed by atoms with van der Waals surface area (Å²) in [6, 6.07) is 65.1. The molecule has 3 aliphatic rings. The van der Waals surface area contributed by atoms with Crippen LogP contribution < -0.4 is 26.0 Å². The van der Waals surface area contributed by atoms with Crippen LogP contribution in [-0.2, 0) is 21.7 Å². The summed E-state index contributed by atoms with van der Waals surface area (Å²) in [7, 11) is 0. The van der Waals surface area contributed by atoms with Crippen LogP contribution in [0.15, 0.2) is 170 Å². The summed E-state index contributed by atoms with van der Waals surface area (Å²) in [5.41, 5.74) is 22.4. The lowest BCUT2D eigenvalue weighted by atomic mass is 9.33. The molecule has 0 N–H and O–H groups in total. The molecule has 0 saturated heterocycles. The predicted molar refractivity (Wildman–Crippen MR) is 319 cm³/mol. The van der Waals surface area contributed by atoms with Crippen molar-refractivity contribution in [3.63, 3.8) is 0 Å². The van der Waals surface area contributed by atoms with Crippen LogP contribution in [0.25, 0.3) is 69.9 Å². The third-order valence-corrected chi connectivity index (χ3v) is 18.1. The van der Waals surface area contributed by atoms with Gasteiger partial charge < -0.3 is 14.2 Å². The van der Waals surface area contributed by atoms with Crippen molar-refractivity contribution in [2.45, 2.75) is 97.8 Å². The van der Waals surface area contributed by atoms with Crippen LogP contribution in [0.2, 0.25) is 0 Å². The molecule has 0 radical (unpaired) electrons. The summed E-state index contributed by atoms with van der Waals surface area (Å²) in [5.74, 6) is 1.82. The van der Waals surface area contributed by atoms with Crippen LogP contribution in [0.5, 0.6) is 11.5 Å². The topological polar surface area (TPSA) is 17.4 Å². The lowest BCUT2D eigenvalue weighted by Crippen LogP contribution is -2.59. The molecule has 0 amide bonds. The molecule has 9 aromatic carbocycles. The van der Waals surface area contributed by atoms with E-state index in [1.165, 1.54) is 109 Å². The number of thiophene rings is 1. The largest absolute Gasteiger partial charge is 0.458 e. The molecule has 14 rings (SSSR count). The minimum atomic E-state index is -0.117. The number of ether oxygens (including phenoxy) is 1. The first-order valence-corrected chi connectivity index (χ1v) is 27.3. The maximum absolute atomic E-state index is 7.71. The van der Waals surface area contributed by atoms with Gasteiger partial charge in [0.05, 0.1) is 16.7 Å². The van der Waals surface area contributed by atoms with E-state index in [1.807, 2.05) is 11.3 Å². The van der Waals surface area contributed by atoms with E-state index in [-0.39, 0.29) is 28.4 Å². The van der Waals surface area contributed by atoms with E-state index in [4.69, 9.17) is 4.74 Å². The van der Waals surface area contributed by atoms with Gasteiger partial charge >= 0.3 is 0 Å². The van der Waals surface area contributed by atoms with Crippen molar-refractivity contribution in [3.05, 3.63) is 198 Å². The van der Waals surface area contributed by atoms with E-state index < -0.39 is 0 Å². The number of nitrogens with zero attached hydrogens (tertiary/aromatic N) is 2. The van der Waals surface area contributed by atoms with Gasteiger partial charge in [-0.3, -0.25) is 0 Å². The van der Waals surface area contributed by atoms with Crippen molar-refractivity contribution in [3.8, 4) is 39.4 Å². The van der Waals surface area contributed by atoms with Crippen LogP contribution in [0, 0.1) is 0 Å². The second kappa shape index (κ2) is 15.4. The maximum atomic E-state index is 7.71. The Labute approximate surface area is 440 Å². The zero-order chi connectivity index (χ0) is 51.0. The zero-order valence-electron chi connectivity index (χ0n) is 44.5. The third-order valence-electron chi connectivity index (χ3n) is 16.9. The minimum absolute atomic E-state index is 0.0248. The summed E-state index contributed by atoms with van der Waals surface area (Å²) in [6.45, 7) is 25.4. The average Bonchev–Trinajstić information content (AvgIpc) is 4.04. The van der Waals surface area contributed by atoms with Crippen LogP contribution >= 0.6 is 11.3 Å². The Morgan fingerprint density at radius 2 is 1.11 bits per heavy atom. The molecule has 0 fully saturated rings. The minimum Gasteiger partial charge on any atom is -0.458 e. The number of fused-ring (bicyclic) bond motifs is 14. The van der Waals surface area contributed by atoms with Crippen molar-refractivity contribution in [2.75, 3.05) is 4.90 Å². The molecule has 2 aromatic heterocycles. The first-order chi connectivity index (χ1) is 35.3. The van der Waals surface area contributed by atoms with Crippen molar-refractivity contribution in [2.24, 2.45) is 0 Å². The van der Waals surface area contributed by atoms with Gasteiger partial charge in [-0.1, -0.05) is 185 Å². The van der Waals surface area contributed by atoms with Gasteiger partial charge in [0, 0.05) is 59.5 Å². The molecule has 3 nitrogen and oxygen atoms in total. The van der Waals surface area contributed by atoms with Crippen molar-refractivity contribution in [1.82, 2.24) is 4.57 Å². The molecule has 2 aliphatic heterocycles. The van der Waals surface area contributed by atoms with Gasteiger partial charge in [-0.2, -0.15) is 0 Å². The first-order valence-electron chi connectivity index (χ1n) is 26.5. The Kier molecular flexibility index (Phi) is 9.41. The molecular weight excluding hydrogens is 916 g/mol. The van der Waals surface area contributed by atoms with Gasteiger partial charge in [0.25, 0.3) is 6.71 Å². The van der Waals surface area contributed by atoms with E-state index in [9.17, 15) is 0 Å². The number of benzene rings is 9. The fourth-order valence-corrected chi connectivity index (χ4v) is 14.2. The lowest BCUT2D eigenvalue weighted by Gasteiger charge is -2.41. The summed E-state index contributed by atoms with van der Waals surface area (Å²) in [5, 5.41) is 5.07. The van der Waals surface area contributed by atoms with Gasteiger partial charge in [-0.15, -0.1) is 11.3 Å². The van der Waals surface area contributed by atoms with Crippen molar-refractivity contribution >= 4 is 93.5 Å². The van der Waals surface area contributed by atoms with Gasteiger partial charge in [0.15, 0.2) is 0 Å². The van der Waals surface area contributed by atoms with Crippen LogP contribution in [-0.4, -0.2) is 11.3 Å². The monoisotopic (exact) mass is 976 g/mol. The molecule has 0 atom stereocenters. The molecule has 1 aliphatic carbocycles. The molecule has 362 valence electrons. The molecule has 11 aromatic rings. The second-order valence-corrected chi connectivity index (χ2v) is 26.0. The Balaban J connectivity index is 1.09.